The van der Waals surface area contributed by atoms with E-state index in [-0.39, 0.29) is 12.5 Å². The Morgan fingerprint density at radius 3 is 2.94 bits per heavy atom. The summed E-state index contributed by atoms with van der Waals surface area (Å²) in [6, 6.07) is 1.88. The molecule has 0 saturated heterocycles. The Morgan fingerprint density at radius 2 is 2.28 bits per heavy atom. The molecule has 0 saturated carbocycles. The van der Waals surface area contributed by atoms with E-state index in [4.69, 9.17) is 0 Å². The van der Waals surface area contributed by atoms with Crippen molar-refractivity contribution in [3.63, 3.8) is 0 Å². The lowest BCUT2D eigenvalue weighted by molar-refractivity contribution is -0.121. The van der Waals surface area contributed by atoms with Gasteiger partial charge in [-0.15, -0.1) is 0 Å². The Balaban J connectivity index is 1.63. The number of nitrogens with one attached hydrogen (secondary N) is 1. The minimum absolute atomic E-state index is 0.0361. The van der Waals surface area contributed by atoms with E-state index in [2.05, 4.69) is 31.4 Å². The van der Waals surface area contributed by atoms with Gasteiger partial charge in [0.05, 0.1) is 10.7 Å². The third-order valence-electron chi connectivity index (χ3n) is 2.35. The van der Waals surface area contributed by atoms with Crippen molar-refractivity contribution in [2.24, 2.45) is 0 Å². The van der Waals surface area contributed by atoms with Crippen molar-refractivity contribution in [2.75, 3.05) is 6.54 Å². The largest absolute Gasteiger partial charge is 0.354 e. The molecule has 18 heavy (non-hydrogen) atoms. The quantitative estimate of drug-likeness (QED) is 0.811. The number of carbonyl (C=O) groups is 1. The minimum Gasteiger partial charge on any atom is -0.354 e. The van der Waals surface area contributed by atoms with Crippen LogP contribution >= 0.6 is 15.9 Å². The number of rotatable bonds is 6. The predicted molar refractivity (Wildman–Crippen MR) is 69.8 cm³/mol. The van der Waals surface area contributed by atoms with Crippen molar-refractivity contribution in [3.05, 3.63) is 35.3 Å². The summed E-state index contributed by atoms with van der Waals surface area (Å²) >= 11 is 3.28. The number of aromatic nitrogens is 4. The van der Waals surface area contributed by atoms with Gasteiger partial charge in [-0.3, -0.25) is 14.2 Å². The Morgan fingerprint density at radius 1 is 1.39 bits per heavy atom. The topological polar surface area (TPSA) is 64.7 Å². The van der Waals surface area contributed by atoms with Gasteiger partial charge in [0.15, 0.2) is 0 Å². The highest BCUT2D eigenvalue weighted by Gasteiger charge is 2.03. The Bertz CT molecular complexity index is 493. The maximum atomic E-state index is 11.6. The summed E-state index contributed by atoms with van der Waals surface area (Å²) < 4.78 is 4.30. The van der Waals surface area contributed by atoms with Crippen LogP contribution in [0.5, 0.6) is 0 Å². The summed E-state index contributed by atoms with van der Waals surface area (Å²) in [4.78, 5) is 11.6. The van der Waals surface area contributed by atoms with Crippen LogP contribution in [-0.4, -0.2) is 32.0 Å². The maximum Gasteiger partial charge on any atom is 0.241 e. The number of hydrogen-bond donors (Lipinski definition) is 1. The molecule has 0 aromatic carbocycles. The molecule has 0 aliphatic rings. The first kappa shape index (κ1) is 12.8. The number of nitrogens with zero attached hydrogens (tertiary/aromatic N) is 4. The minimum atomic E-state index is -0.0361. The molecule has 6 nitrogen and oxygen atoms in total. The van der Waals surface area contributed by atoms with Gasteiger partial charge in [0.25, 0.3) is 0 Å². The van der Waals surface area contributed by atoms with Crippen LogP contribution in [0.4, 0.5) is 0 Å². The summed E-state index contributed by atoms with van der Waals surface area (Å²) in [5.41, 5.74) is 0. The first-order chi connectivity index (χ1) is 8.74. The van der Waals surface area contributed by atoms with Crippen molar-refractivity contribution in [1.82, 2.24) is 24.9 Å². The second kappa shape index (κ2) is 6.34. The van der Waals surface area contributed by atoms with E-state index in [0.717, 1.165) is 17.4 Å². The monoisotopic (exact) mass is 311 g/mol. The van der Waals surface area contributed by atoms with Crippen LogP contribution < -0.4 is 5.32 Å². The second-order valence-electron chi connectivity index (χ2n) is 3.83. The first-order valence-electron chi connectivity index (χ1n) is 5.66. The van der Waals surface area contributed by atoms with Crippen LogP contribution in [0.15, 0.2) is 35.3 Å². The number of carbonyl (C=O) groups excluding carboxylic acids is 1. The highest BCUT2D eigenvalue weighted by atomic mass is 79.9. The molecule has 0 bridgehead atoms. The van der Waals surface area contributed by atoms with Gasteiger partial charge in [-0.1, -0.05) is 0 Å². The smallest absolute Gasteiger partial charge is 0.241 e. The Labute approximate surface area is 113 Å². The molecular formula is C11H14BrN5O. The summed E-state index contributed by atoms with van der Waals surface area (Å²) in [6.45, 7) is 1.69. The molecular weight excluding hydrogens is 298 g/mol. The van der Waals surface area contributed by atoms with Crippen LogP contribution in [0.3, 0.4) is 0 Å². The third kappa shape index (κ3) is 3.99. The van der Waals surface area contributed by atoms with Crippen molar-refractivity contribution in [1.29, 1.82) is 0 Å². The highest BCUT2D eigenvalue weighted by molar-refractivity contribution is 9.10. The molecule has 0 unspecified atom stereocenters. The first-order valence-corrected chi connectivity index (χ1v) is 6.45. The van der Waals surface area contributed by atoms with Gasteiger partial charge < -0.3 is 5.32 Å². The third-order valence-corrected chi connectivity index (χ3v) is 2.76. The van der Waals surface area contributed by atoms with Crippen molar-refractivity contribution >= 4 is 21.8 Å². The molecule has 2 aromatic rings. The van der Waals surface area contributed by atoms with E-state index in [1.807, 2.05) is 16.9 Å². The molecule has 2 rings (SSSR count). The van der Waals surface area contributed by atoms with Crippen LogP contribution in [0.1, 0.15) is 6.42 Å². The normalized spacial score (nSPS) is 10.5. The fourth-order valence-electron chi connectivity index (χ4n) is 1.53. The van der Waals surface area contributed by atoms with Crippen LogP contribution in [0.2, 0.25) is 0 Å². The molecule has 2 heterocycles. The van der Waals surface area contributed by atoms with Gasteiger partial charge in [0.2, 0.25) is 5.91 Å². The van der Waals surface area contributed by atoms with Crippen LogP contribution in [-0.2, 0) is 17.9 Å². The molecule has 0 spiro atoms. The standard InChI is InChI=1S/C11H14BrN5O/c12-10-7-15-17(8-10)9-11(18)13-3-1-5-16-6-2-4-14-16/h2,4,6-8H,1,3,5,9H2,(H,13,18). The number of amides is 1. The van der Waals surface area contributed by atoms with Gasteiger partial charge in [0, 0.05) is 31.7 Å². The van der Waals surface area contributed by atoms with Gasteiger partial charge in [-0.25, -0.2) is 0 Å². The highest BCUT2D eigenvalue weighted by Crippen LogP contribution is 2.05. The molecule has 1 amide bonds. The zero-order valence-electron chi connectivity index (χ0n) is 9.79. The van der Waals surface area contributed by atoms with E-state index >= 15 is 0 Å². The molecule has 7 heteroatoms. The van der Waals surface area contributed by atoms with Gasteiger partial charge in [-0.05, 0) is 28.4 Å². The molecule has 0 aliphatic heterocycles. The molecule has 0 aliphatic carbocycles. The number of hydrogen-bond acceptors (Lipinski definition) is 3. The predicted octanol–water partition coefficient (Wildman–Crippen LogP) is 1.05. The number of halogens is 1. The zero-order valence-corrected chi connectivity index (χ0v) is 11.4. The van der Waals surface area contributed by atoms with E-state index in [1.54, 1.807) is 23.3 Å². The Hall–Kier alpha value is -1.63. The van der Waals surface area contributed by atoms with Crippen molar-refractivity contribution in [2.45, 2.75) is 19.5 Å². The molecule has 96 valence electrons. The molecule has 0 radical (unpaired) electrons. The average Bonchev–Trinajstić information content (AvgIpc) is 2.96. The van der Waals surface area contributed by atoms with Gasteiger partial charge in [-0.2, -0.15) is 10.2 Å². The molecule has 1 N–H and O–H groups in total. The molecule has 0 fully saturated rings. The van der Waals surface area contributed by atoms with E-state index in [9.17, 15) is 4.79 Å². The van der Waals surface area contributed by atoms with E-state index in [1.165, 1.54) is 0 Å². The summed E-state index contributed by atoms with van der Waals surface area (Å²) in [7, 11) is 0. The van der Waals surface area contributed by atoms with Crippen LogP contribution in [0.25, 0.3) is 0 Å². The molecule has 2 aromatic heterocycles. The lowest BCUT2D eigenvalue weighted by atomic mass is 10.4. The van der Waals surface area contributed by atoms with E-state index in [0.29, 0.717) is 6.54 Å². The Kier molecular flexibility index (Phi) is 4.52. The summed E-state index contributed by atoms with van der Waals surface area (Å²) in [6.07, 6.45) is 7.93. The summed E-state index contributed by atoms with van der Waals surface area (Å²) in [5.74, 6) is -0.0361. The van der Waals surface area contributed by atoms with E-state index < -0.39 is 0 Å². The van der Waals surface area contributed by atoms with Gasteiger partial charge >= 0.3 is 0 Å². The lowest BCUT2D eigenvalue weighted by Gasteiger charge is -2.05. The lowest BCUT2D eigenvalue weighted by Crippen LogP contribution is -2.29. The van der Waals surface area contributed by atoms with Crippen LogP contribution in [0, 0.1) is 0 Å². The van der Waals surface area contributed by atoms with Crippen molar-refractivity contribution in [3.8, 4) is 0 Å². The summed E-state index contributed by atoms with van der Waals surface area (Å²) in [5, 5.41) is 11.0. The van der Waals surface area contributed by atoms with Crippen molar-refractivity contribution < 1.29 is 4.79 Å². The maximum absolute atomic E-state index is 11.6. The molecule has 0 atom stereocenters. The second-order valence-corrected chi connectivity index (χ2v) is 4.74. The fourth-order valence-corrected chi connectivity index (χ4v) is 1.86. The SMILES string of the molecule is O=C(Cn1cc(Br)cn1)NCCCn1cccn1. The average molecular weight is 312 g/mol. The number of aryl methyl sites for hydroxylation is 1. The zero-order chi connectivity index (χ0) is 12.8. The van der Waals surface area contributed by atoms with Gasteiger partial charge in [0.1, 0.15) is 6.54 Å². The fraction of sp³-hybridized carbons (Fsp3) is 0.364.